The van der Waals surface area contributed by atoms with Gasteiger partial charge < -0.3 is 57.9 Å². The molecule has 19 nitrogen and oxygen atoms in total. The van der Waals surface area contributed by atoms with Gasteiger partial charge in [0.2, 0.25) is 35.4 Å². The van der Waals surface area contributed by atoms with Gasteiger partial charge in [0.15, 0.2) is 6.04 Å². The standard InChI is InChI=1S/C32H45N9O10/c1-17(43)26(32(50)51)40-28(46)22(13-19-14-35-16-36-19)37-29(47)23(15-42)39-27(45)21(12-18-6-3-2-4-7-18)38-30(48)24-8-5-11-41(24)31(49)20(33)9-10-25(34)44/h2-4,6-7,14,16-17,20-24,26,42-43H,5,8-13,15,33H2,1H3,(H2,34,44)(H,35,36)(H,37,47)(H,38,48)(H,39,45)(H,40,46)(H,50,51)/t17-,20+,21+,22+,23+,24+,26+/m1/s1. The molecule has 0 radical (unpaired) electrons. The number of aliphatic carboxylic acids is 1. The number of H-pyrrole nitrogens is 1. The molecule has 2 aromatic rings. The van der Waals surface area contributed by atoms with Crippen LogP contribution in [0, 0.1) is 0 Å². The lowest BCUT2D eigenvalue weighted by molar-refractivity contribution is -0.145. The number of aromatic nitrogens is 2. The van der Waals surface area contributed by atoms with Gasteiger partial charge in [-0.05, 0) is 31.7 Å². The number of nitrogens with one attached hydrogen (secondary N) is 5. The predicted octanol–water partition coefficient (Wildman–Crippen LogP) is -3.82. The number of rotatable bonds is 19. The van der Waals surface area contributed by atoms with Gasteiger partial charge in [-0.3, -0.25) is 28.8 Å². The van der Waals surface area contributed by atoms with Gasteiger partial charge in [0.1, 0.15) is 24.2 Å². The highest BCUT2D eigenvalue weighted by Crippen LogP contribution is 2.20. The molecule has 1 aliphatic heterocycles. The molecular weight excluding hydrogens is 670 g/mol. The molecule has 6 amide bonds. The first-order valence-electron chi connectivity index (χ1n) is 16.3. The molecule has 0 saturated carbocycles. The van der Waals surface area contributed by atoms with E-state index in [4.69, 9.17) is 11.5 Å². The van der Waals surface area contributed by atoms with Crippen molar-refractivity contribution in [2.45, 2.75) is 87.8 Å². The second-order valence-corrected chi connectivity index (χ2v) is 12.2. The van der Waals surface area contributed by atoms with Crippen molar-refractivity contribution in [3.63, 3.8) is 0 Å². The van der Waals surface area contributed by atoms with Crippen molar-refractivity contribution in [3.05, 3.63) is 54.1 Å². The molecule has 0 aliphatic carbocycles. The molecule has 0 bridgehead atoms. The lowest BCUT2D eigenvalue weighted by atomic mass is 10.0. The Balaban J connectivity index is 1.77. The van der Waals surface area contributed by atoms with Gasteiger partial charge in [0.05, 0.1) is 30.8 Å². The van der Waals surface area contributed by atoms with Gasteiger partial charge in [-0.15, -0.1) is 0 Å². The van der Waals surface area contributed by atoms with Crippen LogP contribution < -0.4 is 32.7 Å². The second-order valence-electron chi connectivity index (χ2n) is 12.2. The summed E-state index contributed by atoms with van der Waals surface area (Å²) in [4.78, 5) is 97.5. The highest BCUT2D eigenvalue weighted by molar-refractivity contribution is 5.96. The quantitative estimate of drug-likeness (QED) is 0.0669. The number of nitrogens with zero attached hydrogens (tertiary/aromatic N) is 2. The van der Waals surface area contributed by atoms with Crippen LogP contribution in [0.3, 0.4) is 0 Å². The van der Waals surface area contributed by atoms with Crippen LogP contribution in [-0.2, 0) is 46.4 Å². The van der Waals surface area contributed by atoms with Crippen LogP contribution in [0.25, 0.3) is 0 Å². The van der Waals surface area contributed by atoms with Gasteiger partial charge in [0, 0.05) is 32.0 Å². The zero-order chi connectivity index (χ0) is 37.7. The monoisotopic (exact) mass is 715 g/mol. The fourth-order valence-electron chi connectivity index (χ4n) is 5.47. The van der Waals surface area contributed by atoms with Gasteiger partial charge in [-0.2, -0.15) is 0 Å². The maximum absolute atomic E-state index is 13.7. The van der Waals surface area contributed by atoms with Gasteiger partial charge >= 0.3 is 5.97 Å². The number of aliphatic hydroxyl groups excluding tert-OH is 2. The highest BCUT2D eigenvalue weighted by atomic mass is 16.4. The number of carboxylic acids is 1. The molecule has 51 heavy (non-hydrogen) atoms. The Bertz CT molecular complexity index is 1520. The van der Waals surface area contributed by atoms with E-state index in [1.54, 1.807) is 30.3 Å². The summed E-state index contributed by atoms with van der Waals surface area (Å²) in [5, 5.41) is 38.9. The van der Waals surface area contributed by atoms with E-state index < -0.39 is 90.4 Å². The summed E-state index contributed by atoms with van der Waals surface area (Å²) in [6, 6.07) is 0.477. The number of aliphatic hydroxyl groups is 2. The van der Waals surface area contributed by atoms with Gasteiger partial charge in [-0.25, -0.2) is 9.78 Å². The Labute approximate surface area is 292 Å². The van der Waals surface area contributed by atoms with E-state index in [9.17, 15) is 48.9 Å². The number of benzene rings is 1. The molecule has 1 fully saturated rings. The van der Waals surface area contributed by atoms with E-state index in [0.717, 1.165) is 6.92 Å². The normalized spacial score (nSPS) is 17.6. The van der Waals surface area contributed by atoms with Crippen molar-refractivity contribution >= 4 is 41.4 Å². The Morgan fingerprint density at radius 2 is 1.59 bits per heavy atom. The van der Waals surface area contributed by atoms with Gasteiger partial charge in [-0.1, -0.05) is 30.3 Å². The molecule has 7 atom stereocenters. The molecule has 1 aliphatic rings. The van der Waals surface area contributed by atoms with Crippen LogP contribution >= 0.6 is 0 Å². The highest BCUT2D eigenvalue weighted by Gasteiger charge is 2.38. The molecule has 1 aromatic carbocycles. The number of primary amides is 1. The third kappa shape index (κ3) is 11.9. The Kier molecular flexibility index (Phi) is 15.0. The third-order valence-corrected chi connectivity index (χ3v) is 8.24. The summed E-state index contributed by atoms with van der Waals surface area (Å²) in [5.41, 5.74) is 12.1. The van der Waals surface area contributed by atoms with Crippen LogP contribution in [0.5, 0.6) is 0 Å². The maximum atomic E-state index is 13.7. The molecule has 3 rings (SSSR count). The number of carbonyl (C=O) groups excluding carboxylic acids is 6. The van der Waals surface area contributed by atoms with E-state index in [0.29, 0.717) is 17.7 Å². The van der Waals surface area contributed by atoms with Crippen LogP contribution in [0.4, 0.5) is 0 Å². The summed E-state index contributed by atoms with van der Waals surface area (Å²) >= 11 is 0. The van der Waals surface area contributed by atoms with Crippen LogP contribution in [-0.4, -0.2) is 127 Å². The number of likely N-dealkylation sites (tertiary alicyclic amines) is 1. The molecule has 2 heterocycles. The Hall–Kier alpha value is -5.40. The summed E-state index contributed by atoms with van der Waals surface area (Å²) in [6.45, 7) is 0.451. The maximum Gasteiger partial charge on any atom is 0.328 e. The van der Waals surface area contributed by atoms with Crippen molar-refractivity contribution in [1.29, 1.82) is 0 Å². The second kappa shape index (κ2) is 19.1. The zero-order valence-corrected chi connectivity index (χ0v) is 28.0. The number of amides is 6. The first-order valence-corrected chi connectivity index (χ1v) is 16.3. The molecule has 0 unspecified atom stereocenters. The SMILES string of the molecule is C[C@@H](O)[C@H](NC(=O)[C@H](Cc1c[nH]cn1)NC(=O)[C@H](CO)NC(=O)[C@H](Cc1ccccc1)NC(=O)[C@@H]1CCCN1C(=O)[C@@H](N)CCC(N)=O)C(=O)O. The number of hydrogen-bond donors (Lipinski definition) is 10. The molecule has 1 saturated heterocycles. The van der Waals surface area contributed by atoms with Crippen molar-refractivity contribution in [1.82, 2.24) is 36.1 Å². The van der Waals surface area contributed by atoms with E-state index in [2.05, 4.69) is 31.2 Å². The molecule has 1 aromatic heterocycles. The van der Waals surface area contributed by atoms with E-state index >= 15 is 0 Å². The van der Waals surface area contributed by atoms with Gasteiger partial charge in [0.25, 0.3) is 0 Å². The van der Waals surface area contributed by atoms with Crippen molar-refractivity contribution in [3.8, 4) is 0 Å². The number of carbonyl (C=O) groups is 7. The van der Waals surface area contributed by atoms with E-state index in [1.807, 2.05) is 0 Å². The summed E-state index contributed by atoms with van der Waals surface area (Å²) < 4.78 is 0. The average Bonchev–Trinajstić information content (AvgIpc) is 3.80. The van der Waals surface area contributed by atoms with Crippen LogP contribution in [0.2, 0.25) is 0 Å². The number of imidazole rings is 1. The topological polar surface area (TPSA) is 312 Å². The average molecular weight is 716 g/mol. The molecule has 278 valence electrons. The summed E-state index contributed by atoms with van der Waals surface area (Å²) in [6.07, 6.45) is 1.63. The predicted molar refractivity (Wildman–Crippen MR) is 178 cm³/mol. The van der Waals surface area contributed by atoms with Crippen molar-refractivity contribution in [2.75, 3.05) is 13.2 Å². The third-order valence-electron chi connectivity index (χ3n) is 8.24. The van der Waals surface area contributed by atoms with E-state index in [1.165, 1.54) is 17.4 Å². The fourth-order valence-corrected chi connectivity index (χ4v) is 5.47. The molecule has 0 spiro atoms. The minimum absolute atomic E-state index is 0.00638. The number of aromatic amines is 1. The smallest absolute Gasteiger partial charge is 0.328 e. The first kappa shape index (κ1) is 40.0. The first-order chi connectivity index (χ1) is 24.2. The van der Waals surface area contributed by atoms with Crippen LogP contribution in [0.15, 0.2) is 42.9 Å². The van der Waals surface area contributed by atoms with Crippen molar-refractivity contribution in [2.24, 2.45) is 11.5 Å². The lowest BCUT2D eigenvalue weighted by Crippen LogP contribution is -2.61. The fraction of sp³-hybridized carbons (Fsp3) is 0.500. The Morgan fingerprint density at radius 3 is 2.18 bits per heavy atom. The minimum Gasteiger partial charge on any atom is -0.480 e. The molecular formula is C32H45N9O10. The Morgan fingerprint density at radius 1 is 0.961 bits per heavy atom. The summed E-state index contributed by atoms with van der Waals surface area (Å²) in [5.74, 6) is -6.24. The lowest BCUT2D eigenvalue weighted by Gasteiger charge is -2.29. The largest absolute Gasteiger partial charge is 0.480 e. The number of hydrogen-bond acceptors (Lipinski definition) is 11. The van der Waals surface area contributed by atoms with Crippen molar-refractivity contribution < 1.29 is 48.9 Å². The molecule has 12 N–H and O–H groups in total. The number of nitrogens with two attached hydrogens (primary N) is 2. The number of carboxylic acid groups (broad SMARTS) is 1. The molecule has 19 heteroatoms. The van der Waals surface area contributed by atoms with E-state index in [-0.39, 0.29) is 38.6 Å². The van der Waals surface area contributed by atoms with Crippen LogP contribution in [0.1, 0.15) is 43.9 Å². The zero-order valence-electron chi connectivity index (χ0n) is 28.0. The summed E-state index contributed by atoms with van der Waals surface area (Å²) in [7, 11) is 0. The minimum atomic E-state index is -1.70.